The van der Waals surface area contributed by atoms with Crippen molar-refractivity contribution in [3.05, 3.63) is 129 Å². The third-order valence-electron chi connectivity index (χ3n) is 7.69. The number of aryl methyl sites for hydroxylation is 1. The quantitative estimate of drug-likeness (QED) is 0.151. The van der Waals surface area contributed by atoms with E-state index < -0.39 is 56.9 Å². The monoisotopic (exact) mass is 733 g/mol. The van der Waals surface area contributed by atoms with Crippen LogP contribution in [-0.2, 0) is 38.8 Å². The second kappa shape index (κ2) is 16.1. The fourth-order valence-corrected chi connectivity index (χ4v) is 6.86. The minimum absolute atomic E-state index is 0.0604. The first-order valence-corrected chi connectivity index (χ1v) is 17.6. The number of carbonyl (C=O) groups is 2. The highest BCUT2D eigenvalue weighted by atomic mass is 35.5. The largest absolute Gasteiger partial charge is 0.417 e. The average Bonchev–Trinajstić information content (AvgIpc) is 3.05. The van der Waals surface area contributed by atoms with Crippen LogP contribution in [0, 0.1) is 12.8 Å². The van der Waals surface area contributed by atoms with E-state index in [0.29, 0.717) is 27.5 Å². The number of alkyl halides is 3. The Morgan fingerprint density at radius 3 is 2.10 bits per heavy atom. The predicted molar refractivity (Wildman–Crippen MR) is 186 cm³/mol. The summed E-state index contributed by atoms with van der Waals surface area (Å²) in [5.41, 5.74) is 0.236. The van der Waals surface area contributed by atoms with Gasteiger partial charge in [0.25, 0.3) is 10.0 Å². The molecule has 0 aliphatic heterocycles. The molecule has 0 saturated carbocycles. The van der Waals surface area contributed by atoms with Gasteiger partial charge in [-0.2, -0.15) is 13.2 Å². The second-order valence-corrected chi connectivity index (χ2v) is 14.6. The van der Waals surface area contributed by atoms with Gasteiger partial charge in [0.1, 0.15) is 12.6 Å². The Morgan fingerprint density at radius 2 is 1.49 bits per heavy atom. The van der Waals surface area contributed by atoms with Crippen molar-refractivity contribution < 1.29 is 31.2 Å². The fourth-order valence-electron chi connectivity index (χ4n) is 5.04. The first-order valence-electron chi connectivity index (χ1n) is 15.4. The van der Waals surface area contributed by atoms with Gasteiger partial charge in [0.2, 0.25) is 11.8 Å². The minimum atomic E-state index is -4.91. The van der Waals surface area contributed by atoms with E-state index in [1.165, 1.54) is 29.2 Å². The molecule has 0 saturated heterocycles. The first kappa shape index (κ1) is 37.8. The van der Waals surface area contributed by atoms with Crippen LogP contribution in [0.1, 0.15) is 36.1 Å². The van der Waals surface area contributed by atoms with Crippen LogP contribution < -0.4 is 9.62 Å². The lowest BCUT2D eigenvalue weighted by molar-refractivity contribution is -0.140. The predicted octanol–water partition coefficient (Wildman–Crippen LogP) is 7.93. The van der Waals surface area contributed by atoms with Crippen molar-refractivity contribution in [1.82, 2.24) is 10.2 Å². The molecule has 1 atom stereocenters. The van der Waals surface area contributed by atoms with Crippen LogP contribution in [0.2, 0.25) is 10.0 Å². The molecular weight excluding hydrogens is 698 g/mol. The zero-order valence-corrected chi connectivity index (χ0v) is 29.4. The number of hydrogen-bond acceptors (Lipinski definition) is 4. The maximum atomic E-state index is 14.5. The van der Waals surface area contributed by atoms with Gasteiger partial charge in [0.05, 0.1) is 21.2 Å². The van der Waals surface area contributed by atoms with E-state index in [1.54, 1.807) is 61.5 Å². The van der Waals surface area contributed by atoms with Gasteiger partial charge in [-0.05, 0) is 60.4 Å². The standard InChI is InChI=1S/C36H36Cl2F3N3O4S/c1-24(2)21-42-35(46)33(19-26-9-5-4-6-10-26)43(22-27-11-7-8-12-31(27)37)34(45)23-44(49(47,48)29-16-13-25(3)14-17-29)28-15-18-32(38)30(20-28)36(39,40)41/h4-18,20,24,33H,19,21-23H2,1-3H3,(H,42,46). The van der Waals surface area contributed by atoms with Gasteiger partial charge >= 0.3 is 6.18 Å². The van der Waals surface area contributed by atoms with Gasteiger partial charge in [0, 0.05) is 24.5 Å². The van der Waals surface area contributed by atoms with Crippen molar-refractivity contribution in [2.24, 2.45) is 5.92 Å². The first-order chi connectivity index (χ1) is 23.1. The minimum Gasteiger partial charge on any atom is -0.354 e. The van der Waals surface area contributed by atoms with E-state index in [2.05, 4.69) is 5.32 Å². The van der Waals surface area contributed by atoms with E-state index >= 15 is 0 Å². The topological polar surface area (TPSA) is 86.8 Å². The molecule has 4 aromatic rings. The van der Waals surface area contributed by atoms with Gasteiger partial charge in [0.15, 0.2) is 0 Å². The number of sulfonamides is 1. The molecular formula is C36H36Cl2F3N3O4S. The van der Waals surface area contributed by atoms with Gasteiger partial charge < -0.3 is 10.2 Å². The smallest absolute Gasteiger partial charge is 0.354 e. The number of carbonyl (C=O) groups excluding carboxylic acids is 2. The number of benzene rings is 4. The Hall–Kier alpha value is -4.06. The second-order valence-electron chi connectivity index (χ2n) is 11.9. The van der Waals surface area contributed by atoms with Crippen LogP contribution in [-0.4, -0.2) is 44.3 Å². The molecule has 0 aromatic heterocycles. The highest BCUT2D eigenvalue weighted by molar-refractivity contribution is 7.92. The van der Waals surface area contributed by atoms with Gasteiger partial charge in [-0.3, -0.25) is 13.9 Å². The number of nitrogens with zero attached hydrogens (tertiary/aromatic N) is 2. The molecule has 0 aliphatic carbocycles. The summed E-state index contributed by atoms with van der Waals surface area (Å²) in [5, 5.41) is 2.54. The average molecular weight is 735 g/mol. The number of halogens is 5. The van der Waals surface area contributed by atoms with Crippen molar-refractivity contribution >= 4 is 50.7 Å². The molecule has 4 rings (SSSR count). The molecule has 49 heavy (non-hydrogen) atoms. The summed E-state index contributed by atoms with van der Waals surface area (Å²) in [6, 6.07) is 22.8. The van der Waals surface area contributed by atoms with Crippen LogP contribution in [0.15, 0.2) is 102 Å². The summed E-state index contributed by atoms with van der Waals surface area (Å²) in [4.78, 5) is 29.4. The van der Waals surface area contributed by atoms with Crippen LogP contribution in [0.25, 0.3) is 0 Å². The molecule has 13 heteroatoms. The maximum Gasteiger partial charge on any atom is 0.417 e. The summed E-state index contributed by atoms with van der Waals surface area (Å²) in [5.74, 6) is -1.26. The third kappa shape index (κ3) is 9.77. The number of hydrogen-bond donors (Lipinski definition) is 1. The van der Waals surface area contributed by atoms with Gasteiger partial charge in [-0.25, -0.2) is 8.42 Å². The Balaban J connectivity index is 1.87. The maximum absolute atomic E-state index is 14.5. The van der Waals surface area contributed by atoms with Crippen molar-refractivity contribution in [2.75, 3.05) is 17.4 Å². The van der Waals surface area contributed by atoms with Crippen molar-refractivity contribution in [3.63, 3.8) is 0 Å². The van der Waals surface area contributed by atoms with E-state index in [9.17, 15) is 31.2 Å². The molecule has 0 radical (unpaired) electrons. The highest BCUT2D eigenvalue weighted by Crippen LogP contribution is 2.38. The van der Waals surface area contributed by atoms with Crippen molar-refractivity contribution in [2.45, 2.75) is 50.9 Å². The lowest BCUT2D eigenvalue weighted by Crippen LogP contribution is -2.53. The molecule has 2 amide bonds. The van der Waals surface area contributed by atoms with E-state index in [4.69, 9.17) is 23.2 Å². The van der Waals surface area contributed by atoms with E-state index in [0.717, 1.165) is 23.3 Å². The molecule has 0 bridgehead atoms. The van der Waals surface area contributed by atoms with Crippen LogP contribution in [0.5, 0.6) is 0 Å². The molecule has 260 valence electrons. The van der Waals surface area contributed by atoms with Crippen LogP contribution >= 0.6 is 23.2 Å². The molecule has 4 aromatic carbocycles. The number of anilines is 1. The zero-order chi connectivity index (χ0) is 35.9. The lowest BCUT2D eigenvalue weighted by Gasteiger charge is -2.34. The summed E-state index contributed by atoms with van der Waals surface area (Å²) in [6.45, 7) is 4.73. The van der Waals surface area contributed by atoms with E-state index in [-0.39, 0.29) is 23.8 Å². The summed E-state index contributed by atoms with van der Waals surface area (Å²) in [6.07, 6.45) is -4.85. The van der Waals surface area contributed by atoms with E-state index in [1.807, 2.05) is 13.8 Å². The summed E-state index contributed by atoms with van der Waals surface area (Å²) in [7, 11) is -4.63. The highest BCUT2D eigenvalue weighted by Gasteiger charge is 2.38. The lowest BCUT2D eigenvalue weighted by atomic mass is 10.0. The third-order valence-corrected chi connectivity index (χ3v) is 10.2. The summed E-state index contributed by atoms with van der Waals surface area (Å²) >= 11 is 12.4. The van der Waals surface area contributed by atoms with Crippen LogP contribution in [0.4, 0.5) is 18.9 Å². The molecule has 0 aliphatic rings. The SMILES string of the molecule is Cc1ccc(S(=O)(=O)N(CC(=O)N(Cc2ccccc2Cl)C(Cc2ccccc2)C(=O)NCC(C)C)c2ccc(Cl)c(C(F)(F)F)c2)cc1. The number of nitrogens with one attached hydrogen (secondary N) is 1. The Bertz CT molecular complexity index is 1870. The number of amides is 2. The molecule has 0 fully saturated rings. The normalized spacial score (nSPS) is 12.4. The molecule has 1 N–H and O–H groups in total. The molecule has 1 unspecified atom stereocenters. The van der Waals surface area contributed by atoms with Crippen molar-refractivity contribution in [3.8, 4) is 0 Å². The fraction of sp³-hybridized carbons (Fsp3) is 0.278. The molecule has 0 spiro atoms. The molecule has 0 heterocycles. The molecule has 7 nitrogen and oxygen atoms in total. The van der Waals surface area contributed by atoms with Gasteiger partial charge in [-0.15, -0.1) is 0 Å². The zero-order valence-electron chi connectivity index (χ0n) is 27.0. The summed E-state index contributed by atoms with van der Waals surface area (Å²) < 4.78 is 70.9. The Kier molecular flexibility index (Phi) is 12.4. The van der Waals surface area contributed by atoms with Gasteiger partial charge in [-0.1, -0.05) is 103 Å². The Labute approximate surface area is 294 Å². The Morgan fingerprint density at radius 1 is 0.857 bits per heavy atom. The van der Waals surface area contributed by atoms with Crippen LogP contribution in [0.3, 0.4) is 0 Å². The number of rotatable bonds is 13. The van der Waals surface area contributed by atoms with Crippen molar-refractivity contribution in [1.29, 1.82) is 0 Å².